The van der Waals surface area contributed by atoms with E-state index in [1.54, 1.807) is 18.6 Å². The van der Waals surface area contributed by atoms with E-state index in [0.717, 1.165) is 23.9 Å². The summed E-state index contributed by atoms with van der Waals surface area (Å²) in [5.41, 5.74) is 0.726. The number of rotatable bonds is 3. The third-order valence-corrected chi connectivity index (χ3v) is 3.53. The molecule has 0 saturated heterocycles. The van der Waals surface area contributed by atoms with Gasteiger partial charge in [-0.25, -0.2) is 9.97 Å². The predicted molar refractivity (Wildman–Crippen MR) is 67.7 cm³/mol. The molecule has 18 heavy (non-hydrogen) atoms. The molecule has 0 unspecified atom stereocenters. The van der Waals surface area contributed by atoms with Crippen molar-refractivity contribution in [3.63, 3.8) is 0 Å². The minimum absolute atomic E-state index is 0.647. The first-order chi connectivity index (χ1) is 8.92. The zero-order valence-corrected chi connectivity index (χ0v) is 10.3. The average molecular weight is 243 g/mol. The lowest BCUT2D eigenvalue weighted by atomic mass is 9.87. The van der Waals surface area contributed by atoms with E-state index in [1.807, 2.05) is 0 Å². The van der Waals surface area contributed by atoms with Crippen molar-refractivity contribution in [2.45, 2.75) is 38.5 Å². The van der Waals surface area contributed by atoms with Crippen molar-refractivity contribution in [3.8, 4) is 11.5 Å². The zero-order valence-electron chi connectivity index (χ0n) is 10.3. The van der Waals surface area contributed by atoms with Crippen LogP contribution in [0.4, 0.5) is 0 Å². The second-order valence-corrected chi connectivity index (χ2v) is 4.90. The number of nitrogens with one attached hydrogen (secondary N) is 1. The predicted octanol–water partition coefficient (Wildman–Crippen LogP) is 2.38. The molecule has 5 nitrogen and oxygen atoms in total. The molecule has 2 aromatic rings. The Morgan fingerprint density at radius 2 is 2.06 bits per heavy atom. The van der Waals surface area contributed by atoms with E-state index in [2.05, 4.69) is 25.1 Å². The Balaban J connectivity index is 1.69. The van der Waals surface area contributed by atoms with Crippen LogP contribution in [0.25, 0.3) is 11.5 Å². The molecule has 0 bridgehead atoms. The maximum absolute atomic E-state index is 4.51. The van der Waals surface area contributed by atoms with Crippen molar-refractivity contribution in [2.75, 3.05) is 0 Å². The highest BCUT2D eigenvalue weighted by Gasteiger charge is 2.16. The first-order valence-corrected chi connectivity index (χ1v) is 6.59. The molecule has 0 radical (unpaired) electrons. The van der Waals surface area contributed by atoms with Crippen LogP contribution in [0.15, 0.2) is 18.6 Å². The van der Waals surface area contributed by atoms with Crippen molar-refractivity contribution in [1.82, 2.24) is 25.1 Å². The van der Waals surface area contributed by atoms with E-state index in [9.17, 15) is 0 Å². The van der Waals surface area contributed by atoms with Crippen molar-refractivity contribution >= 4 is 0 Å². The largest absolute Gasteiger partial charge is 0.263 e. The summed E-state index contributed by atoms with van der Waals surface area (Å²) in [5, 5.41) is 7.24. The summed E-state index contributed by atoms with van der Waals surface area (Å²) >= 11 is 0. The van der Waals surface area contributed by atoms with Gasteiger partial charge in [0.15, 0.2) is 0 Å². The molecule has 0 amide bonds. The molecule has 2 heterocycles. The summed E-state index contributed by atoms with van der Waals surface area (Å²) in [6.45, 7) is 0. The van der Waals surface area contributed by atoms with Crippen LogP contribution in [0.1, 0.15) is 37.9 Å². The lowest BCUT2D eigenvalue weighted by Crippen LogP contribution is -2.10. The third-order valence-electron chi connectivity index (χ3n) is 3.53. The van der Waals surface area contributed by atoms with E-state index < -0.39 is 0 Å². The van der Waals surface area contributed by atoms with Gasteiger partial charge >= 0.3 is 0 Å². The molecular weight excluding hydrogens is 226 g/mol. The fourth-order valence-electron chi connectivity index (χ4n) is 2.58. The summed E-state index contributed by atoms with van der Waals surface area (Å²) < 4.78 is 0. The number of aromatic nitrogens is 5. The monoisotopic (exact) mass is 243 g/mol. The first kappa shape index (κ1) is 11.3. The number of nitrogens with zero attached hydrogens (tertiary/aromatic N) is 4. The molecule has 2 aromatic heterocycles. The number of hydrogen-bond acceptors (Lipinski definition) is 4. The molecule has 0 aromatic carbocycles. The molecule has 1 aliphatic rings. The Bertz CT molecular complexity index is 487. The SMILES string of the molecule is c1cnc(-c2n[nH]c(CC3CCCCC3)n2)cn1. The fraction of sp³-hybridized carbons (Fsp3) is 0.538. The van der Waals surface area contributed by atoms with Gasteiger partial charge in [-0.3, -0.25) is 10.1 Å². The summed E-state index contributed by atoms with van der Waals surface area (Å²) in [5.74, 6) is 2.39. The first-order valence-electron chi connectivity index (χ1n) is 6.59. The fourth-order valence-corrected chi connectivity index (χ4v) is 2.58. The lowest BCUT2D eigenvalue weighted by molar-refractivity contribution is 0.352. The molecule has 3 rings (SSSR count). The summed E-state index contributed by atoms with van der Waals surface area (Å²) in [7, 11) is 0. The minimum Gasteiger partial charge on any atom is -0.263 e. The molecule has 5 heteroatoms. The third kappa shape index (κ3) is 2.55. The summed E-state index contributed by atoms with van der Waals surface area (Å²) in [6, 6.07) is 0. The maximum Gasteiger partial charge on any atom is 0.201 e. The molecule has 1 fully saturated rings. The molecule has 0 aliphatic heterocycles. The number of aromatic amines is 1. The highest BCUT2D eigenvalue weighted by Crippen LogP contribution is 2.26. The van der Waals surface area contributed by atoms with E-state index >= 15 is 0 Å². The van der Waals surface area contributed by atoms with Crippen molar-refractivity contribution < 1.29 is 0 Å². The van der Waals surface area contributed by atoms with Crippen LogP contribution in [0.2, 0.25) is 0 Å². The van der Waals surface area contributed by atoms with E-state index in [-0.39, 0.29) is 0 Å². The van der Waals surface area contributed by atoms with Crippen LogP contribution in [0, 0.1) is 5.92 Å². The molecule has 94 valence electrons. The van der Waals surface area contributed by atoms with Crippen molar-refractivity contribution in [3.05, 3.63) is 24.4 Å². The van der Waals surface area contributed by atoms with Crippen molar-refractivity contribution in [1.29, 1.82) is 0 Å². The Hall–Kier alpha value is -1.78. The Labute approximate surface area is 106 Å². The lowest BCUT2D eigenvalue weighted by Gasteiger charge is -2.19. The Morgan fingerprint density at radius 3 is 2.83 bits per heavy atom. The van der Waals surface area contributed by atoms with E-state index in [4.69, 9.17) is 0 Å². The van der Waals surface area contributed by atoms with Crippen LogP contribution >= 0.6 is 0 Å². The highest BCUT2D eigenvalue weighted by molar-refractivity contribution is 5.45. The van der Waals surface area contributed by atoms with Gasteiger partial charge in [0.05, 0.1) is 6.20 Å². The highest BCUT2D eigenvalue weighted by atomic mass is 15.2. The van der Waals surface area contributed by atoms with Crippen LogP contribution in [-0.2, 0) is 6.42 Å². The van der Waals surface area contributed by atoms with Crippen LogP contribution in [0.5, 0.6) is 0 Å². The summed E-state index contributed by atoms with van der Waals surface area (Å²) in [6.07, 6.45) is 12.7. The number of hydrogen-bond donors (Lipinski definition) is 1. The van der Waals surface area contributed by atoms with Gasteiger partial charge in [0.2, 0.25) is 5.82 Å². The van der Waals surface area contributed by atoms with Crippen LogP contribution in [-0.4, -0.2) is 25.1 Å². The quantitative estimate of drug-likeness (QED) is 0.898. The van der Waals surface area contributed by atoms with Gasteiger partial charge in [-0.15, -0.1) is 0 Å². The molecule has 0 spiro atoms. The Kier molecular flexibility index (Phi) is 3.30. The second kappa shape index (κ2) is 5.25. The number of H-pyrrole nitrogens is 1. The van der Waals surface area contributed by atoms with Crippen LogP contribution < -0.4 is 0 Å². The standard InChI is InChI=1S/C13H17N5/c1-2-4-10(5-3-1)8-12-16-13(18-17-12)11-9-14-6-7-15-11/h6-7,9-10H,1-5,8H2,(H,16,17,18). The molecule has 1 N–H and O–H groups in total. The molecule has 1 aliphatic carbocycles. The second-order valence-electron chi connectivity index (χ2n) is 4.90. The molecule has 0 atom stereocenters. The van der Waals surface area contributed by atoms with Crippen LogP contribution in [0.3, 0.4) is 0 Å². The normalized spacial score (nSPS) is 16.9. The molecular formula is C13H17N5. The van der Waals surface area contributed by atoms with E-state index in [0.29, 0.717) is 5.82 Å². The zero-order chi connectivity index (χ0) is 12.2. The molecule has 1 saturated carbocycles. The van der Waals surface area contributed by atoms with Gasteiger partial charge in [0.1, 0.15) is 11.5 Å². The van der Waals surface area contributed by atoms with Gasteiger partial charge in [0.25, 0.3) is 0 Å². The van der Waals surface area contributed by atoms with E-state index in [1.165, 1.54) is 32.1 Å². The average Bonchev–Trinajstić information content (AvgIpc) is 2.89. The van der Waals surface area contributed by atoms with Crippen molar-refractivity contribution in [2.24, 2.45) is 5.92 Å². The minimum atomic E-state index is 0.647. The van der Waals surface area contributed by atoms with Gasteiger partial charge in [-0.2, -0.15) is 5.10 Å². The van der Waals surface area contributed by atoms with Gasteiger partial charge in [-0.1, -0.05) is 32.1 Å². The Morgan fingerprint density at radius 1 is 1.17 bits per heavy atom. The van der Waals surface area contributed by atoms with Gasteiger partial charge < -0.3 is 0 Å². The van der Waals surface area contributed by atoms with Gasteiger partial charge in [-0.05, 0) is 5.92 Å². The summed E-state index contributed by atoms with van der Waals surface area (Å²) in [4.78, 5) is 12.7. The van der Waals surface area contributed by atoms with Gasteiger partial charge in [0, 0.05) is 18.8 Å². The smallest absolute Gasteiger partial charge is 0.201 e. The topological polar surface area (TPSA) is 67.3 Å². The maximum atomic E-state index is 4.51.